The first-order chi connectivity index (χ1) is 16.7. The number of carbonyl (C=O) groups excluding carboxylic acids is 1. The summed E-state index contributed by atoms with van der Waals surface area (Å²) >= 11 is 0. The number of methoxy groups -OCH3 is 2. The Morgan fingerprint density at radius 3 is 2.49 bits per heavy atom. The van der Waals surface area contributed by atoms with E-state index in [-0.39, 0.29) is 16.7 Å². The van der Waals surface area contributed by atoms with E-state index >= 15 is 0 Å². The Labute approximate surface area is 205 Å². The monoisotopic (exact) mass is 498 g/mol. The first-order valence-electron chi connectivity index (χ1n) is 11.4. The largest absolute Gasteiger partial charge is 0.497 e. The normalized spacial score (nSPS) is 16.2. The second-order valence-electron chi connectivity index (χ2n) is 8.78. The van der Waals surface area contributed by atoms with Gasteiger partial charge in [-0.1, -0.05) is 0 Å². The van der Waals surface area contributed by atoms with E-state index in [1.165, 1.54) is 6.26 Å². The fraction of sp³-hybridized carbons (Fsp3) is 0.400. The predicted molar refractivity (Wildman–Crippen MR) is 134 cm³/mol. The smallest absolute Gasteiger partial charge is 0.226 e. The van der Waals surface area contributed by atoms with E-state index in [2.05, 4.69) is 15.3 Å². The summed E-state index contributed by atoms with van der Waals surface area (Å²) in [5, 5.41) is 3.83. The van der Waals surface area contributed by atoms with Crippen LogP contribution in [-0.4, -0.2) is 57.9 Å². The molecule has 1 atom stereocenters. The highest BCUT2D eigenvalue weighted by molar-refractivity contribution is 7.90. The third-order valence-corrected chi connectivity index (χ3v) is 7.34. The summed E-state index contributed by atoms with van der Waals surface area (Å²) in [7, 11) is -0.167. The average Bonchev–Trinajstić information content (AvgIpc) is 2.86. The summed E-state index contributed by atoms with van der Waals surface area (Å²) in [4.78, 5) is 24.5. The number of fused-ring (bicyclic) bond motifs is 1. The molecule has 0 saturated carbocycles. The van der Waals surface area contributed by atoms with Gasteiger partial charge in [0.2, 0.25) is 11.9 Å². The van der Waals surface area contributed by atoms with E-state index in [9.17, 15) is 13.2 Å². The fourth-order valence-electron chi connectivity index (χ4n) is 4.30. The van der Waals surface area contributed by atoms with Crippen molar-refractivity contribution >= 4 is 32.6 Å². The molecule has 35 heavy (non-hydrogen) atoms. The van der Waals surface area contributed by atoms with Crippen molar-refractivity contribution in [1.82, 2.24) is 15.3 Å². The van der Waals surface area contributed by atoms with Gasteiger partial charge in [-0.25, -0.2) is 18.4 Å². The van der Waals surface area contributed by atoms with Gasteiger partial charge in [-0.05, 0) is 55.7 Å². The fourth-order valence-corrected chi connectivity index (χ4v) is 4.94. The van der Waals surface area contributed by atoms with Gasteiger partial charge in [0, 0.05) is 37.3 Å². The molecule has 3 aromatic rings. The zero-order valence-corrected chi connectivity index (χ0v) is 21.2. The quantitative estimate of drug-likeness (QED) is 0.529. The molecule has 1 aromatic heterocycles. The number of anilines is 1. The van der Waals surface area contributed by atoms with Gasteiger partial charge in [0.1, 0.15) is 11.5 Å². The van der Waals surface area contributed by atoms with Crippen molar-refractivity contribution in [3.05, 3.63) is 47.7 Å². The van der Waals surface area contributed by atoms with E-state index in [1.807, 2.05) is 24.0 Å². The maximum atomic E-state index is 13.0. The summed E-state index contributed by atoms with van der Waals surface area (Å²) in [6.07, 6.45) is 2.78. The molecule has 1 amide bonds. The molecular formula is C25H30N4O5S. The Morgan fingerprint density at radius 1 is 1.11 bits per heavy atom. The zero-order valence-electron chi connectivity index (χ0n) is 20.4. The molecule has 1 saturated heterocycles. The highest BCUT2D eigenvalue weighted by Crippen LogP contribution is 2.26. The Bertz CT molecular complexity index is 1340. The van der Waals surface area contributed by atoms with Gasteiger partial charge in [-0.15, -0.1) is 0 Å². The molecule has 1 aliphatic rings. The molecule has 0 spiro atoms. The molecular weight excluding hydrogens is 468 g/mol. The van der Waals surface area contributed by atoms with Gasteiger partial charge in [0.25, 0.3) is 0 Å². The van der Waals surface area contributed by atoms with E-state index in [0.717, 1.165) is 36.0 Å². The highest BCUT2D eigenvalue weighted by atomic mass is 32.2. The molecule has 0 aliphatic carbocycles. The van der Waals surface area contributed by atoms with Gasteiger partial charge in [0.05, 0.1) is 36.2 Å². The van der Waals surface area contributed by atoms with E-state index in [1.54, 1.807) is 38.5 Å². The summed E-state index contributed by atoms with van der Waals surface area (Å²) < 4.78 is 34.6. The lowest BCUT2D eigenvalue weighted by Crippen LogP contribution is -2.43. The Kier molecular flexibility index (Phi) is 7.11. The molecule has 9 nitrogen and oxygen atoms in total. The van der Waals surface area contributed by atoms with Crippen LogP contribution in [0.25, 0.3) is 10.9 Å². The molecule has 2 aromatic carbocycles. The lowest BCUT2D eigenvalue weighted by Gasteiger charge is -2.32. The molecule has 0 unspecified atom stereocenters. The van der Waals surface area contributed by atoms with Crippen LogP contribution in [0.4, 0.5) is 5.95 Å². The molecule has 2 heterocycles. The van der Waals surface area contributed by atoms with E-state index < -0.39 is 9.84 Å². The number of benzene rings is 2. The number of amides is 1. The lowest BCUT2D eigenvalue weighted by atomic mass is 9.97. The third-order valence-electron chi connectivity index (χ3n) is 6.23. The molecule has 1 fully saturated rings. The van der Waals surface area contributed by atoms with Gasteiger partial charge in [-0.3, -0.25) is 4.79 Å². The van der Waals surface area contributed by atoms with Crippen LogP contribution in [0.2, 0.25) is 0 Å². The van der Waals surface area contributed by atoms with E-state index in [0.29, 0.717) is 36.1 Å². The van der Waals surface area contributed by atoms with Crippen LogP contribution in [-0.2, 0) is 21.2 Å². The number of ether oxygens (including phenoxy) is 2. The first-order valence-corrected chi connectivity index (χ1v) is 13.3. The number of carbonyl (C=O) groups is 1. The number of rotatable bonds is 7. The van der Waals surface area contributed by atoms with Crippen LogP contribution < -0.4 is 19.7 Å². The second-order valence-corrected chi connectivity index (χ2v) is 10.8. The predicted octanol–water partition coefficient (Wildman–Crippen LogP) is 2.89. The summed E-state index contributed by atoms with van der Waals surface area (Å²) in [5.41, 5.74) is 2.23. The van der Waals surface area contributed by atoms with Crippen LogP contribution in [0.3, 0.4) is 0 Å². The molecule has 10 heteroatoms. The average molecular weight is 499 g/mol. The first kappa shape index (κ1) is 24.7. The molecule has 1 aliphatic heterocycles. The maximum Gasteiger partial charge on any atom is 0.226 e. The number of sulfone groups is 1. The van der Waals surface area contributed by atoms with Crippen LogP contribution in [0.5, 0.6) is 11.5 Å². The number of nitrogens with zero attached hydrogens (tertiary/aromatic N) is 3. The Hall–Kier alpha value is -3.40. The van der Waals surface area contributed by atoms with Crippen molar-refractivity contribution in [2.75, 3.05) is 38.5 Å². The molecule has 1 N–H and O–H groups in total. The minimum absolute atomic E-state index is 0.0339. The highest BCUT2D eigenvalue weighted by Gasteiger charge is 2.27. The van der Waals surface area contributed by atoms with Crippen LogP contribution in [0, 0.1) is 12.8 Å². The van der Waals surface area contributed by atoms with Crippen molar-refractivity contribution < 1.29 is 22.7 Å². The third kappa shape index (κ3) is 5.64. The van der Waals surface area contributed by atoms with Crippen molar-refractivity contribution in [2.24, 2.45) is 5.92 Å². The van der Waals surface area contributed by atoms with Crippen molar-refractivity contribution in [3.8, 4) is 11.5 Å². The Morgan fingerprint density at radius 2 is 1.83 bits per heavy atom. The second kappa shape index (κ2) is 10.1. The SMILES string of the molecule is COc1cc(CNC(=O)[C@@H]2CCCN(c3nc(C)c4ccc(S(C)(=O)=O)cc4n3)C2)cc(OC)c1. The van der Waals surface area contributed by atoms with Crippen molar-refractivity contribution in [3.63, 3.8) is 0 Å². The summed E-state index contributed by atoms with van der Waals surface area (Å²) in [6.45, 7) is 3.46. The summed E-state index contributed by atoms with van der Waals surface area (Å²) in [6, 6.07) is 10.4. The lowest BCUT2D eigenvalue weighted by molar-refractivity contribution is -0.125. The number of aryl methyl sites for hydroxylation is 1. The Balaban J connectivity index is 1.49. The number of hydrogen-bond donors (Lipinski definition) is 1. The van der Waals surface area contributed by atoms with Gasteiger partial charge in [0.15, 0.2) is 9.84 Å². The molecule has 4 rings (SSSR count). The number of nitrogens with one attached hydrogen (secondary N) is 1. The summed E-state index contributed by atoms with van der Waals surface area (Å²) in [5.74, 6) is 1.60. The van der Waals surface area contributed by atoms with Crippen LogP contribution in [0.15, 0.2) is 41.3 Å². The van der Waals surface area contributed by atoms with Crippen molar-refractivity contribution in [1.29, 1.82) is 0 Å². The zero-order chi connectivity index (χ0) is 25.2. The standard InChI is InChI=1S/C25H30N4O5S/c1-16-22-8-7-21(35(4,31)32)13-23(22)28-25(27-16)29-9-5-6-18(15-29)24(30)26-14-17-10-19(33-2)12-20(11-17)34-3/h7-8,10-13,18H,5-6,9,14-15H2,1-4H3,(H,26,30)/t18-/m1/s1. The van der Waals surface area contributed by atoms with Gasteiger partial charge < -0.3 is 19.7 Å². The topological polar surface area (TPSA) is 111 Å². The van der Waals surface area contributed by atoms with Crippen LogP contribution in [0.1, 0.15) is 24.1 Å². The minimum Gasteiger partial charge on any atom is -0.497 e. The number of hydrogen-bond acceptors (Lipinski definition) is 8. The number of piperidine rings is 1. The van der Waals surface area contributed by atoms with Crippen molar-refractivity contribution in [2.45, 2.75) is 31.2 Å². The van der Waals surface area contributed by atoms with E-state index in [4.69, 9.17) is 9.47 Å². The number of aromatic nitrogens is 2. The maximum absolute atomic E-state index is 13.0. The van der Waals surface area contributed by atoms with Gasteiger partial charge in [-0.2, -0.15) is 0 Å². The minimum atomic E-state index is -3.35. The van der Waals surface area contributed by atoms with Crippen LogP contribution >= 0.6 is 0 Å². The molecule has 186 valence electrons. The molecule has 0 bridgehead atoms. The molecule has 0 radical (unpaired) electrons. The van der Waals surface area contributed by atoms with Gasteiger partial charge >= 0.3 is 0 Å².